The van der Waals surface area contributed by atoms with Gasteiger partial charge in [-0.1, -0.05) is 47.5 Å². The van der Waals surface area contributed by atoms with Gasteiger partial charge in [0.2, 0.25) is 12.0 Å². The molecule has 2 aromatic carbocycles. The molecule has 4 rings (SSSR count). The van der Waals surface area contributed by atoms with Gasteiger partial charge in [-0.25, -0.2) is 14.4 Å². The topological polar surface area (TPSA) is 113 Å². The van der Waals surface area contributed by atoms with E-state index in [0.717, 1.165) is 12.3 Å². The molecule has 11 heteroatoms. The molecular formula is C23H17Cl2FN4O4. The summed E-state index contributed by atoms with van der Waals surface area (Å²) in [6, 6.07) is 12.7. The number of aliphatic hydroxyl groups is 1. The second-order valence-electron chi connectivity index (χ2n) is 7.06. The zero-order chi connectivity index (χ0) is 24.2. The van der Waals surface area contributed by atoms with E-state index in [9.17, 15) is 14.0 Å². The Labute approximate surface area is 203 Å². The number of benzodiazepines with no additional fused rings is 1. The van der Waals surface area contributed by atoms with Crippen molar-refractivity contribution >= 4 is 46.4 Å². The number of rotatable bonds is 6. The number of halogens is 3. The van der Waals surface area contributed by atoms with Gasteiger partial charge in [0.15, 0.2) is 0 Å². The first-order valence-electron chi connectivity index (χ1n) is 10.0. The molecule has 8 nitrogen and oxygen atoms in total. The number of nitrogens with one attached hydrogen (secondary N) is 2. The molecule has 0 saturated carbocycles. The predicted molar refractivity (Wildman–Crippen MR) is 125 cm³/mol. The average Bonchev–Trinajstić information content (AvgIpc) is 2.94. The number of carbonyl (C=O) groups is 2. The fourth-order valence-electron chi connectivity index (χ4n) is 3.33. The number of aromatic nitrogens is 1. The number of nitrogens with zero attached hydrogens (tertiary/aromatic N) is 2. The number of anilines is 1. The molecule has 0 aliphatic carbocycles. The van der Waals surface area contributed by atoms with Crippen LogP contribution in [0.3, 0.4) is 0 Å². The highest BCUT2D eigenvalue weighted by atomic mass is 35.5. The molecule has 1 aliphatic heterocycles. The normalized spacial score (nSPS) is 15.0. The number of para-hydroxylation sites is 1. The van der Waals surface area contributed by atoms with Gasteiger partial charge in [-0.2, -0.15) is 0 Å². The Bertz CT molecular complexity index is 1280. The van der Waals surface area contributed by atoms with Crippen molar-refractivity contribution in [3.8, 4) is 5.88 Å². The van der Waals surface area contributed by atoms with E-state index in [2.05, 4.69) is 20.6 Å². The van der Waals surface area contributed by atoms with Gasteiger partial charge >= 0.3 is 0 Å². The third-order valence-corrected chi connectivity index (χ3v) is 5.44. The van der Waals surface area contributed by atoms with Crippen molar-refractivity contribution in [2.75, 3.05) is 18.5 Å². The van der Waals surface area contributed by atoms with Crippen LogP contribution in [0, 0.1) is 5.82 Å². The van der Waals surface area contributed by atoms with Crippen molar-refractivity contribution in [3.63, 3.8) is 0 Å². The molecule has 1 unspecified atom stereocenters. The van der Waals surface area contributed by atoms with Crippen LogP contribution in [-0.4, -0.2) is 47.0 Å². The Hall–Kier alpha value is -3.53. The highest BCUT2D eigenvalue weighted by molar-refractivity contribution is 6.42. The zero-order valence-corrected chi connectivity index (χ0v) is 18.9. The maximum atomic E-state index is 13.8. The molecule has 2 amide bonds. The molecule has 0 spiro atoms. The lowest BCUT2D eigenvalue weighted by Crippen LogP contribution is -2.42. The van der Waals surface area contributed by atoms with Gasteiger partial charge in [0.1, 0.15) is 18.0 Å². The molecule has 2 heterocycles. The Morgan fingerprint density at radius 2 is 1.91 bits per heavy atom. The lowest BCUT2D eigenvalue weighted by Gasteiger charge is -2.15. The van der Waals surface area contributed by atoms with Crippen LogP contribution >= 0.6 is 23.2 Å². The Morgan fingerprint density at radius 1 is 1.18 bits per heavy atom. The van der Waals surface area contributed by atoms with Crippen molar-refractivity contribution < 1.29 is 23.8 Å². The molecular weight excluding hydrogens is 486 g/mol. The largest absolute Gasteiger partial charge is 0.475 e. The summed E-state index contributed by atoms with van der Waals surface area (Å²) in [6.07, 6.45) is -0.551. The maximum absolute atomic E-state index is 13.8. The summed E-state index contributed by atoms with van der Waals surface area (Å²) in [7, 11) is 0. The van der Waals surface area contributed by atoms with E-state index in [1.807, 2.05) is 0 Å². The number of fused-ring (bicyclic) bond motifs is 1. The van der Waals surface area contributed by atoms with Crippen molar-refractivity contribution in [3.05, 3.63) is 87.3 Å². The summed E-state index contributed by atoms with van der Waals surface area (Å²) in [5.74, 6) is -2.49. The smallest absolute Gasteiger partial charge is 0.269 e. The first-order valence-corrected chi connectivity index (χ1v) is 10.8. The SMILES string of the molecule is O=C(NC1N=C(c2c(Cl)cccc2Cl)c2ccccc2NC1=O)c1cc(F)cnc1OCCO. The maximum Gasteiger partial charge on any atom is 0.269 e. The second kappa shape index (κ2) is 10.2. The summed E-state index contributed by atoms with van der Waals surface area (Å²) >= 11 is 12.8. The molecule has 0 bridgehead atoms. The molecule has 0 fully saturated rings. The Morgan fingerprint density at radius 3 is 2.65 bits per heavy atom. The number of hydrogen-bond donors (Lipinski definition) is 3. The molecule has 34 heavy (non-hydrogen) atoms. The number of amides is 2. The number of aliphatic imine (C=N–C) groups is 1. The molecule has 1 atom stereocenters. The van der Waals surface area contributed by atoms with Crippen LogP contribution < -0.4 is 15.4 Å². The summed E-state index contributed by atoms with van der Waals surface area (Å²) in [6.45, 7) is -0.499. The van der Waals surface area contributed by atoms with E-state index in [1.165, 1.54) is 0 Å². The third-order valence-electron chi connectivity index (χ3n) is 4.81. The third kappa shape index (κ3) is 4.86. The number of hydrogen-bond acceptors (Lipinski definition) is 6. The number of ether oxygens (including phenoxy) is 1. The number of benzene rings is 2. The monoisotopic (exact) mass is 502 g/mol. The van der Waals surface area contributed by atoms with E-state index >= 15 is 0 Å². The molecule has 0 saturated heterocycles. The van der Waals surface area contributed by atoms with Crippen LogP contribution in [0.5, 0.6) is 5.88 Å². The van der Waals surface area contributed by atoms with Gasteiger partial charge in [-0.05, 0) is 24.3 Å². The van der Waals surface area contributed by atoms with E-state index in [0.29, 0.717) is 26.9 Å². The van der Waals surface area contributed by atoms with Gasteiger partial charge in [-0.3, -0.25) is 9.59 Å². The van der Waals surface area contributed by atoms with Crippen LogP contribution in [0.15, 0.2) is 59.7 Å². The predicted octanol–water partition coefficient (Wildman–Crippen LogP) is 3.44. The van der Waals surface area contributed by atoms with Crippen molar-refractivity contribution in [1.82, 2.24) is 10.3 Å². The minimum atomic E-state index is -1.42. The van der Waals surface area contributed by atoms with Crippen molar-refractivity contribution in [2.45, 2.75) is 6.17 Å². The van der Waals surface area contributed by atoms with Gasteiger partial charge in [0, 0.05) is 11.1 Å². The summed E-state index contributed by atoms with van der Waals surface area (Å²) in [5.41, 5.74) is 1.38. The zero-order valence-electron chi connectivity index (χ0n) is 17.4. The quantitative estimate of drug-likeness (QED) is 0.477. The number of aliphatic hydroxyl groups excluding tert-OH is 1. The summed E-state index contributed by atoms with van der Waals surface area (Å²) in [5, 5.41) is 14.8. The first kappa shape index (κ1) is 23.6. The van der Waals surface area contributed by atoms with Crippen LogP contribution in [0.4, 0.5) is 10.1 Å². The van der Waals surface area contributed by atoms with E-state index in [1.54, 1.807) is 42.5 Å². The molecule has 1 aliphatic rings. The lowest BCUT2D eigenvalue weighted by atomic mass is 10.0. The van der Waals surface area contributed by atoms with Crippen LogP contribution in [0.25, 0.3) is 0 Å². The standard InChI is InChI=1S/C23H17Cl2FN4O4/c24-15-5-3-6-16(25)18(15)19-13-4-1-2-7-17(13)28-22(33)20(29-19)30-21(32)14-10-12(26)11-27-23(14)34-9-8-31/h1-7,10-11,20,31H,8-9H2,(H,28,33)(H,30,32). The fourth-order valence-corrected chi connectivity index (χ4v) is 3.90. The van der Waals surface area contributed by atoms with Gasteiger partial charge in [0.05, 0.1) is 34.2 Å². The van der Waals surface area contributed by atoms with E-state index < -0.39 is 23.8 Å². The van der Waals surface area contributed by atoms with Crippen molar-refractivity contribution in [2.24, 2.45) is 4.99 Å². The van der Waals surface area contributed by atoms with Gasteiger partial charge in [-0.15, -0.1) is 0 Å². The second-order valence-corrected chi connectivity index (χ2v) is 7.88. The van der Waals surface area contributed by atoms with Gasteiger partial charge < -0.3 is 20.5 Å². The van der Waals surface area contributed by atoms with Crippen LogP contribution in [0.1, 0.15) is 21.5 Å². The molecule has 3 aromatic rings. The highest BCUT2D eigenvalue weighted by Crippen LogP contribution is 2.31. The number of carbonyl (C=O) groups excluding carboxylic acids is 2. The summed E-state index contributed by atoms with van der Waals surface area (Å²) in [4.78, 5) is 34.2. The Kier molecular flexibility index (Phi) is 7.06. The van der Waals surface area contributed by atoms with Crippen molar-refractivity contribution in [1.29, 1.82) is 0 Å². The molecule has 174 valence electrons. The van der Waals surface area contributed by atoms with E-state index in [-0.39, 0.29) is 30.4 Å². The average molecular weight is 503 g/mol. The van der Waals surface area contributed by atoms with Crippen LogP contribution in [0.2, 0.25) is 10.0 Å². The molecule has 0 radical (unpaired) electrons. The van der Waals surface area contributed by atoms with Gasteiger partial charge in [0.25, 0.3) is 11.8 Å². The molecule has 1 aromatic heterocycles. The minimum absolute atomic E-state index is 0.161. The summed E-state index contributed by atoms with van der Waals surface area (Å²) < 4.78 is 19.0. The molecule has 3 N–H and O–H groups in total. The number of pyridine rings is 1. The minimum Gasteiger partial charge on any atom is -0.475 e. The van der Waals surface area contributed by atoms with Crippen LogP contribution in [-0.2, 0) is 4.79 Å². The van der Waals surface area contributed by atoms with E-state index in [4.69, 9.17) is 33.0 Å². The fraction of sp³-hybridized carbons (Fsp3) is 0.130. The lowest BCUT2D eigenvalue weighted by molar-refractivity contribution is -0.117. The first-order chi connectivity index (χ1) is 16.4. The highest BCUT2D eigenvalue weighted by Gasteiger charge is 2.30. The Balaban J connectivity index is 1.77.